The van der Waals surface area contributed by atoms with Crippen LogP contribution in [-0.4, -0.2) is 13.7 Å². The molecule has 1 aromatic carbocycles. The monoisotopic (exact) mass is 191 g/mol. The van der Waals surface area contributed by atoms with Gasteiger partial charge in [0.2, 0.25) is 0 Å². The van der Waals surface area contributed by atoms with E-state index in [1.54, 1.807) is 19.2 Å². The molecule has 0 aliphatic heterocycles. The summed E-state index contributed by atoms with van der Waals surface area (Å²) >= 11 is 0. The fourth-order valence-corrected chi connectivity index (χ4v) is 1.15. The molecule has 3 heteroatoms. The highest BCUT2D eigenvalue weighted by atomic mass is 16.5. The van der Waals surface area contributed by atoms with Gasteiger partial charge in [-0.15, -0.1) is 0 Å². The van der Waals surface area contributed by atoms with Crippen LogP contribution in [0.3, 0.4) is 0 Å². The molecule has 0 unspecified atom stereocenters. The van der Waals surface area contributed by atoms with Gasteiger partial charge in [-0.3, -0.25) is 0 Å². The van der Waals surface area contributed by atoms with Crippen molar-refractivity contribution in [3.05, 3.63) is 29.3 Å². The van der Waals surface area contributed by atoms with Gasteiger partial charge in [-0.2, -0.15) is 5.26 Å². The molecular formula is C11H13NO2. The molecule has 0 aromatic heterocycles. The van der Waals surface area contributed by atoms with E-state index < -0.39 is 0 Å². The summed E-state index contributed by atoms with van der Waals surface area (Å²) in [6.07, 6.45) is 0. The molecule has 74 valence electrons. The number of methoxy groups -OCH3 is 1. The van der Waals surface area contributed by atoms with E-state index in [4.69, 9.17) is 14.7 Å². The van der Waals surface area contributed by atoms with E-state index in [0.29, 0.717) is 24.5 Å². The molecule has 0 aliphatic rings. The van der Waals surface area contributed by atoms with Gasteiger partial charge in [0.25, 0.3) is 0 Å². The summed E-state index contributed by atoms with van der Waals surface area (Å²) in [7, 11) is 1.59. The van der Waals surface area contributed by atoms with Gasteiger partial charge in [0.1, 0.15) is 5.75 Å². The molecule has 1 rings (SSSR count). The van der Waals surface area contributed by atoms with Crippen molar-refractivity contribution in [1.29, 1.82) is 5.26 Å². The molecule has 0 radical (unpaired) electrons. The van der Waals surface area contributed by atoms with E-state index in [0.717, 1.165) is 5.56 Å². The van der Waals surface area contributed by atoms with E-state index in [1.165, 1.54) is 0 Å². The number of benzene rings is 1. The number of hydrogen-bond donors (Lipinski definition) is 0. The molecule has 0 heterocycles. The fraction of sp³-hybridized carbons (Fsp3) is 0.364. The molecule has 0 saturated heterocycles. The molecule has 3 nitrogen and oxygen atoms in total. The third kappa shape index (κ3) is 2.48. The molecule has 0 bridgehead atoms. The summed E-state index contributed by atoms with van der Waals surface area (Å²) in [5.74, 6) is 0.706. The summed E-state index contributed by atoms with van der Waals surface area (Å²) in [5, 5.41) is 8.69. The fourth-order valence-electron chi connectivity index (χ4n) is 1.15. The summed E-state index contributed by atoms with van der Waals surface area (Å²) in [5.41, 5.74) is 1.57. The second kappa shape index (κ2) is 5.25. The zero-order chi connectivity index (χ0) is 10.4. The third-order valence-corrected chi connectivity index (χ3v) is 1.88. The quantitative estimate of drug-likeness (QED) is 0.731. The van der Waals surface area contributed by atoms with Crippen molar-refractivity contribution in [2.45, 2.75) is 13.5 Å². The second-order valence-corrected chi connectivity index (χ2v) is 2.78. The normalized spacial score (nSPS) is 9.50. The summed E-state index contributed by atoms with van der Waals surface area (Å²) in [6.45, 7) is 3.13. The Morgan fingerprint density at radius 2 is 2.21 bits per heavy atom. The molecule has 0 N–H and O–H groups in total. The Hall–Kier alpha value is -1.53. The van der Waals surface area contributed by atoms with Gasteiger partial charge < -0.3 is 9.47 Å². The first-order chi connectivity index (χ1) is 6.81. The molecular weight excluding hydrogens is 178 g/mol. The van der Waals surface area contributed by atoms with Gasteiger partial charge in [-0.05, 0) is 19.1 Å². The first-order valence-electron chi connectivity index (χ1n) is 4.46. The standard InChI is InChI=1S/C11H13NO2/c1-3-14-8-10-5-4-9(7-12)6-11(10)13-2/h4-6H,3,8H2,1-2H3. The molecule has 0 atom stereocenters. The predicted molar refractivity (Wildman–Crippen MR) is 53.0 cm³/mol. The largest absolute Gasteiger partial charge is 0.496 e. The Morgan fingerprint density at radius 3 is 2.79 bits per heavy atom. The van der Waals surface area contributed by atoms with Crippen molar-refractivity contribution in [2.75, 3.05) is 13.7 Å². The van der Waals surface area contributed by atoms with Crippen molar-refractivity contribution in [3.8, 4) is 11.8 Å². The van der Waals surface area contributed by atoms with Crippen molar-refractivity contribution in [3.63, 3.8) is 0 Å². The highest BCUT2D eigenvalue weighted by molar-refractivity contribution is 5.42. The topological polar surface area (TPSA) is 42.2 Å². The average Bonchev–Trinajstić information content (AvgIpc) is 2.26. The maximum Gasteiger partial charge on any atom is 0.125 e. The van der Waals surface area contributed by atoms with Crippen molar-refractivity contribution < 1.29 is 9.47 Å². The van der Waals surface area contributed by atoms with Crippen LogP contribution in [0.1, 0.15) is 18.1 Å². The Morgan fingerprint density at radius 1 is 1.43 bits per heavy atom. The number of nitrogens with zero attached hydrogens (tertiary/aromatic N) is 1. The molecule has 1 aromatic rings. The Balaban J connectivity index is 2.89. The minimum absolute atomic E-state index is 0.519. The highest BCUT2D eigenvalue weighted by Crippen LogP contribution is 2.20. The van der Waals surface area contributed by atoms with E-state index in [9.17, 15) is 0 Å². The number of hydrogen-bond acceptors (Lipinski definition) is 3. The van der Waals surface area contributed by atoms with Crippen LogP contribution in [0.15, 0.2) is 18.2 Å². The molecule has 0 saturated carbocycles. The maximum absolute atomic E-state index is 8.69. The Kier molecular flexibility index (Phi) is 3.96. The van der Waals surface area contributed by atoms with E-state index >= 15 is 0 Å². The SMILES string of the molecule is CCOCc1ccc(C#N)cc1OC. The lowest BCUT2D eigenvalue weighted by Gasteiger charge is -2.08. The highest BCUT2D eigenvalue weighted by Gasteiger charge is 2.03. The van der Waals surface area contributed by atoms with Crippen LogP contribution in [0.2, 0.25) is 0 Å². The number of ether oxygens (including phenoxy) is 2. The summed E-state index contributed by atoms with van der Waals surface area (Å²) in [4.78, 5) is 0. The molecule has 0 spiro atoms. The minimum Gasteiger partial charge on any atom is -0.496 e. The molecule has 0 amide bonds. The number of nitriles is 1. The first-order valence-corrected chi connectivity index (χ1v) is 4.46. The zero-order valence-electron chi connectivity index (χ0n) is 8.41. The molecule has 0 fully saturated rings. The molecule has 14 heavy (non-hydrogen) atoms. The lowest BCUT2D eigenvalue weighted by Crippen LogP contribution is -1.96. The van der Waals surface area contributed by atoms with Crippen molar-refractivity contribution in [1.82, 2.24) is 0 Å². The Bertz CT molecular complexity index is 342. The first kappa shape index (κ1) is 10.6. The summed E-state index contributed by atoms with van der Waals surface area (Å²) in [6, 6.07) is 7.40. The molecule has 0 aliphatic carbocycles. The van der Waals surface area contributed by atoms with Gasteiger partial charge in [0.05, 0.1) is 25.3 Å². The van der Waals surface area contributed by atoms with E-state index in [1.807, 2.05) is 13.0 Å². The van der Waals surface area contributed by atoms with Gasteiger partial charge >= 0.3 is 0 Å². The van der Waals surface area contributed by atoms with Crippen LogP contribution in [0, 0.1) is 11.3 Å². The third-order valence-electron chi connectivity index (χ3n) is 1.88. The van der Waals surface area contributed by atoms with Gasteiger partial charge in [-0.25, -0.2) is 0 Å². The summed E-state index contributed by atoms with van der Waals surface area (Å²) < 4.78 is 10.4. The van der Waals surface area contributed by atoms with E-state index in [2.05, 4.69) is 6.07 Å². The van der Waals surface area contributed by atoms with Crippen LogP contribution in [0.5, 0.6) is 5.75 Å². The predicted octanol–water partition coefficient (Wildman–Crippen LogP) is 2.10. The van der Waals surface area contributed by atoms with Gasteiger partial charge in [0.15, 0.2) is 0 Å². The van der Waals surface area contributed by atoms with Crippen LogP contribution in [0.25, 0.3) is 0 Å². The zero-order valence-corrected chi connectivity index (χ0v) is 8.41. The lowest BCUT2D eigenvalue weighted by molar-refractivity contribution is 0.132. The van der Waals surface area contributed by atoms with Crippen LogP contribution in [0.4, 0.5) is 0 Å². The van der Waals surface area contributed by atoms with Crippen LogP contribution >= 0.6 is 0 Å². The minimum atomic E-state index is 0.519. The van der Waals surface area contributed by atoms with Crippen molar-refractivity contribution >= 4 is 0 Å². The average molecular weight is 191 g/mol. The number of rotatable bonds is 4. The maximum atomic E-state index is 8.69. The Labute approximate surface area is 83.9 Å². The van der Waals surface area contributed by atoms with Crippen LogP contribution in [-0.2, 0) is 11.3 Å². The van der Waals surface area contributed by atoms with Gasteiger partial charge in [-0.1, -0.05) is 6.07 Å². The van der Waals surface area contributed by atoms with E-state index in [-0.39, 0.29) is 0 Å². The van der Waals surface area contributed by atoms with Crippen LogP contribution < -0.4 is 4.74 Å². The smallest absolute Gasteiger partial charge is 0.125 e. The van der Waals surface area contributed by atoms with Gasteiger partial charge in [0, 0.05) is 12.2 Å². The second-order valence-electron chi connectivity index (χ2n) is 2.78. The van der Waals surface area contributed by atoms with Crippen molar-refractivity contribution in [2.24, 2.45) is 0 Å². The lowest BCUT2D eigenvalue weighted by atomic mass is 10.1.